The number of carbonyl (C=O) groups excluding carboxylic acids is 2. The van der Waals surface area contributed by atoms with Gasteiger partial charge in [-0.3, -0.25) is 9.59 Å². The lowest BCUT2D eigenvalue weighted by Gasteiger charge is -2.19. The first-order valence-corrected chi connectivity index (χ1v) is 9.66. The Hall–Kier alpha value is -2.77. The number of imide groups is 1. The number of thioether (sulfide) groups is 1. The minimum Gasteiger partial charge on any atom is -0.496 e. The lowest BCUT2D eigenvalue weighted by Crippen LogP contribution is -2.31. The van der Waals surface area contributed by atoms with Crippen LogP contribution in [0.3, 0.4) is 0 Å². The summed E-state index contributed by atoms with van der Waals surface area (Å²) in [5.74, 6) is 0.345. The molecule has 1 aliphatic heterocycles. The van der Waals surface area contributed by atoms with Gasteiger partial charge in [-0.25, -0.2) is 4.90 Å². The zero-order valence-electron chi connectivity index (χ0n) is 15.9. The molecule has 0 fully saturated rings. The van der Waals surface area contributed by atoms with E-state index in [-0.39, 0.29) is 17.1 Å². The van der Waals surface area contributed by atoms with Gasteiger partial charge in [0.1, 0.15) is 11.5 Å². The van der Waals surface area contributed by atoms with Crippen LogP contribution in [0.5, 0.6) is 11.5 Å². The van der Waals surface area contributed by atoms with E-state index in [0.29, 0.717) is 28.5 Å². The molecular formula is C21H21NO5S. The lowest BCUT2D eigenvalue weighted by atomic mass is 10.0. The van der Waals surface area contributed by atoms with Crippen LogP contribution in [-0.2, 0) is 9.59 Å². The van der Waals surface area contributed by atoms with Gasteiger partial charge in [0.2, 0.25) is 0 Å². The van der Waals surface area contributed by atoms with E-state index in [4.69, 9.17) is 9.47 Å². The fourth-order valence-corrected chi connectivity index (χ4v) is 3.93. The van der Waals surface area contributed by atoms with Crippen molar-refractivity contribution in [1.82, 2.24) is 0 Å². The monoisotopic (exact) mass is 399 g/mol. The highest BCUT2D eigenvalue weighted by Crippen LogP contribution is 2.43. The summed E-state index contributed by atoms with van der Waals surface area (Å²) in [5, 5.41) is 9.24. The van der Waals surface area contributed by atoms with E-state index in [1.54, 1.807) is 36.4 Å². The third-order valence-electron chi connectivity index (χ3n) is 4.33. The van der Waals surface area contributed by atoms with Gasteiger partial charge in [-0.1, -0.05) is 24.3 Å². The quantitative estimate of drug-likeness (QED) is 0.722. The molecule has 0 saturated heterocycles. The third-order valence-corrected chi connectivity index (χ3v) is 5.38. The van der Waals surface area contributed by atoms with Gasteiger partial charge < -0.3 is 14.6 Å². The van der Waals surface area contributed by atoms with Crippen molar-refractivity contribution < 1.29 is 24.2 Å². The van der Waals surface area contributed by atoms with Crippen LogP contribution < -0.4 is 14.4 Å². The number of amides is 2. The molecule has 0 aliphatic carbocycles. The third kappa shape index (κ3) is 3.50. The predicted molar refractivity (Wildman–Crippen MR) is 110 cm³/mol. The van der Waals surface area contributed by atoms with Crippen LogP contribution in [0.2, 0.25) is 0 Å². The fourth-order valence-electron chi connectivity index (χ4n) is 3.07. The van der Waals surface area contributed by atoms with Crippen LogP contribution in [0.15, 0.2) is 47.4 Å². The van der Waals surface area contributed by atoms with Crippen LogP contribution in [0.1, 0.15) is 11.1 Å². The molecule has 0 aromatic heterocycles. The number of carbonyl (C=O) groups is 2. The molecule has 0 atom stereocenters. The number of hydrogen-bond acceptors (Lipinski definition) is 6. The summed E-state index contributed by atoms with van der Waals surface area (Å²) in [5.41, 5.74) is 2.10. The molecule has 2 aromatic rings. The summed E-state index contributed by atoms with van der Waals surface area (Å²) in [7, 11) is 3.01. The van der Waals surface area contributed by atoms with Gasteiger partial charge in [-0.05, 0) is 30.7 Å². The first-order valence-electron chi connectivity index (χ1n) is 8.68. The first-order chi connectivity index (χ1) is 13.5. The number of nitrogens with zero attached hydrogens (tertiary/aromatic N) is 1. The van der Waals surface area contributed by atoms with Crippen molar-refractivity contribution in [1.29, 1.82) is 0 Å². The van der Waals surface area contributed by atoms with E-state index in [9.17, 15) is 14.7 Å². The molecule has 2 aromatic carbocycles. The molecule has 7 heteroatoms. The Balaban J connectivity index is 2.17. The maximum atomic E-state index is 13.4. The van der Waals surface area contributed by atoms with Crippen LogP contribution in [0.4, 0.5) is 5.69 Å². The van der Waals surface area contributed by atoms with Gasteiger partial charge >= 0.3 is 0 Å². The summed E-state index contributed by atoms with van der Waals surface area (Å²) >= 11 is 1.16. The van der Waals surface area contributed by atoms with Crippen molar-refractivity contribution in [3.8, 4) is 11.5 Å². The highest BCUT2D eigenvalue weighted by atomic mass is 32.2. The molecular weight excluding hydrogens is 378 g/mol. The Morgan fingerprint density at radius 3 is 2.39 bits per heavy atom. The fraction of sp³-hybridized carbons (Fsp3) is 0.238. The molecule has 3 rings (SSSR count). The Bertz CT molecular complexity index is 954. The lowest BCUT2D eigenvalue weighted by molar-refractivity contribution is -0.119. The van der Waals surface area contributed by atoms with Gasteiger partial charge in [0.25, 0.3) is 11.8 Å². The Morgan fingerprint density at radius 1 is 1.00 bits per heavy atom. The Morgan fingerprint density at radius 2 is 1.71 bits per heavy atom. The van der Waals surface area contributed by atoms with Crippen molar-refractivity contribution in [2.75, 3.05) is 31.5 Å². The maximum Gasteiger partial charge on any atom is 0.272 e. The molecule has 0 bridgehead atoms. The van der Waals surface area contributed by atoms with Crippen LogP contribution in [-0.4, -0.2) is 43.5 Å². The van der Waals surface area contributed by atoms with Crippen molar-refractivity contribution >= 4 is 34.8 Å². The number of anilines is 1. The summed E-state index contributed by atoms with van der Waals surface area (Å²) < 4.78 is 10.8. The normalized spacial score (nSPS) is 14.1. The minimum absolute atomic E-state index is 0.109. The van der Waals surface area contributed by atoms with Crippen molar-refractivity contribution in [2.24, 2.45) is 0 Å². The van der Waals surface area contributed by atoms with Crippen molar-refractivity contribution in [3.05, 3.63) is 58.5 Å². The number of benzene rings is 2. The first kappa shape index (κ1) is 20.0. The second-order valence-electron chi connectivity index (χ2n) is 6.10. The number of ether oxygens (including phenoxy) is 2. The number of aryl methyl sites for hydroxylation is 1. The van der Waals surface area contributed by atoms with E-state index in [1.165, 1.54) is 14.2 Å². The SMILES string of the molecule is COc1ccccc1C1=C(SCCO)C(=O)N(c2cc(C)ccc2OC)C1=O. The molecule has 0 spiro atoms. The largest absolute Gasteiger partial charge is 0.496 e. The number of rotatable bonds is 7. The summed E-state index contributed by atoms with van der Waals surface area (Å²) in [6.45, 7) is 1.77. The molecule has 2 amide bonds. The van der Waals surface area contributed by atoms with Crippen molar-refractivity contribution in [2.45, 2.75) is 6.92 Å². The molecule has 1 aliphatic rings. The van der Waals surface area contributed by atoms with Crippen LogP contribution >= 0.6 is 11.8 Å². The minimum atomic E-state index is -0.446. The smallest absolute Gasteiger partial charge is 0.272 e. The van der Waals surface area contributed by atoms with E-state index >= 15 is 0 Å². The van der Waals surface area contributed by atoms with Crippen LogP contribution in [0.25, 0.3) is 5.57 Å². The van der Waals surface area contributed by atoms with E-state index in [1.807, 2.05) is 13.0 Å². The zero-order valence-corrected chi connectivity index (χ0v) is 16.7. The Labute approximate surface area is 167 Å². The van der Waals surface area contributed by atoms with Crippen LogP contribution in [0, 0.1) is 6.92 Å². The zero-order chi connectivity index (χ0) is 20.3. The van der Waals surface area contributed by atoms with Gasteiger partial charge in [0.15, 0.2) is 0 Å². The number of aliphatic hydroxyl groups is 1. The summed E-state index contributed by atoms with van der Waals surface area (Å²) in [4.78, 5) is 28.0. The summed E-state index contributed by atoms with van der Waals surface area (Å²) in [6.07, 6.45) is 0. The number of hydrogen-bond donors (Lipinski definition) is 1. The molecule has 0 radical (unpaired) electrons. The molecule has 1 heterocycles. The number of aliphatic hydroxyl groups excluding tert-OH is 1. The van der Waals surface area contributed by atoms with Gasteiger partial charge in [-0.2, -0.15) is 0 Å². The predicted octanol–water partition coefficient (Wildman–Crippen LogP) is 3.02. The molecule has 0 unspecified atom stereocenters. The summed E-state index contributed by atoms with van der Waals surface area (Å²) in [6, 6.07) is 12.4. The maximum absolute atomic E-state index is 13.4. The average molecular weight is 399 g/mol. The second kappa shape index (κ2) is 8.50. The standard InChI is InChI=1S/C21H21NO5S/c1-13-8-9-17(27-3)15(12-13)22-20(24)18(19(21(22)25)28-11-10-23)14-6-4-5-7-16(14)26-2/h4-9,12,23H,10-11H2,1-3H3. The molecule has 28 heavy (non-hydrogen) atoms. The molecule has 1 N–H and O–H groups in total. The van der Waals surface area contributed by atoms with E-state index < -0.39 is 11.8 Å². The topological polar surface area (TPSA) is 76.1 Å². The van der Waals surface area contributed by atoms with E-state index in [0.717, 1.165) is 22.2 Å². The van der Waals surface area contributed by atoms with E-state index in [2.05, 4.69) is 0 Å². The second-order valence-corrected chi connectivity index (χ2v) is 7.20. The number of para-hydroxylation sites is 1. The van der Waals surface area contributed by atoms with Gasteiger partial charge in [0, 0.05) is 11.3 Å². The molecule has 146 valence electrons. The van der Waals surface area contributed by atoms with Gasteiger partial charge in [0.05, 0.1) is 37.0 Å². The molecule has 6 nitrogen and oxygen atoms in total. The van der Waals surface area contributed by atoms with Crippen molar-refractivity contribution in [3.63, 3.8) is 0 Å². The molecule has 0 saturated carbocycles. The average Bonchev–Trinajstić information content (AvgIpc) is 2.95. The Kier molecular flexibility index (Phi) is 6.06. The highest BCUT2D eigenvalue weighted by molar-refractivity contribution is 8.04. The van der Waals surface area contributed by atoms with Gasteiger partial charge in [-0.15, -0.1) is 11.8 Å². The number of methoxy groups -OCH3 is 2. The highest BCUT2D eigenvalue weighted by Gasteiger charge is 2.42.